The Morgan fingerprint density at radius 3 is 2.08 bits per heavy atom. The van der Waals surface area contributed by atoms with Gasteiger partial charge in [-0.3, -0.25) is 9.69 Å². The summed E-state index contributed by atoms with van der Waals surface area (Å²) in [5.41, 5.74) is 12.5. The van der Waals surface area contributed by atoms with Crippen LogP contribution in [0, 0.1) is 12.8 Å². The van der Waals surface area contributed by atoms with Gasteiger partial charge in [0.15, 0.2) is 0 Å². The van der Waals surface area contributed by atoms with Gasteiger partial charge in [-0.2, -0.15) is 0 Å². The second-order valence-electron chi connectivity index (χ2n) is 10.8. The molecule has 2 N–H and O–H groups in total. The lowest BCUT2D eigenvalue weighted by atomic mass is 9.99. The summed E-state index contributed by atoms with van der Waals surface area (Å²) < 4.78 is 1.64. The van der Waals surface area contributed by atoms with Gasteiger partial charge in [-0.15, -0.1) is 5.10 Å². The average molecular weight is 507 g/mol. The summed E-state index contributed by atoms with van der Waals surface area (Å²) in [7, 11) is 2.27. The first-order valence-corrected chi connectivity index (χ1v) is 13.4. The largest absolute Gasteiger partial charge is 0.363 e. The molecule has 2 unspecified atom stereocenters. The number of carbonyl (C=O) groups is 1. The molecule has 0 spiro atoms. The lowest BCUT2D eigenvalue weighted by Crippen LogP contribution is -2.31. The van der Waals surface area contributed by atoms with Gasteiger partial charge in [0, 0.05) is 25.7 Å². The minimum Gasteiger partial charge on any atom is -0.363 e. The van der Waals surface area contributed by atoms with Gasteiger partial charge in [0.05, 0.1) is 5.69 Å². The fourth-order valence-corrected chi connectivity index (χ4v) is 5.99. The number of hydrogen-bond acceptors (Lipinski definition) is 5. The molecule has 2 aliphatic heterocycles. The Bertz CT molecular complexity index is 1420. The van der Waals surface area contributed by atoms with Crippen LogP contribution in [0.2, 0.25) is 0 Å². The maximum atomic E-state index is 11.4. The SMILES string of the molecule is Cc1nc(C(N)=O)nn1-c1ccc(Cc2ccc(-c3ccc(CN4CC5CCN(C)C5C4)cc3)cc2)cc1. The molecule has 194 valence electrons. The molecule has 3 heterocycles. The van der Waals surface area contributed by atoms with Crippen molar-refractivity contribution in [2.24, 2.45) is 11.7 Å². The van der Waals surface area contributed by atoms with Gasteiger partial charge in [-0.25, -0.2) is 9.67 Å². The van der Waals surface area contributed by atoms with Gasteiger partial charge < -0.3 is 10.6 Å². The second-order valence-corrected chi connectivity index (χ2v) is 10.8. The summed E-state index contributed by atoms with van der Waals surface area (Å²) >= 11 is 0. The third-order valence-electron chi connectivity index (χ3n) is 8.13. The monoisotopic (exact) mass is 506 g/mol. The number of rotatable bonds is 7. The van der Waals surface area contributed by atoms with Gasteiger partial charge in [-0.05, 0) is 79.2 Å². The van der Waals surface area contributed by atoms with E-state index in [9.17, 15) is 4.79 Å². The topological polar surface area (TPSA) is 80.3 Å². The lowest BCUT2D eigenvalue weighted by Gasteiger charge is -2.20. The minimum atomic E-state index is -0.625. The Morgan fingerprint density at radius 1 is 0.895 bits per heavy atom. The predicted octanol–water partition coefficient (Wildman–Crippen LogP) is 4.07. The predicted molar refractivity (Wildman–Crippen MR) is 149 cm³/mol. The number of nitrogens with zero attached hydrogens (tertiary/aromatic N) is 5. The van der Waals surface area contributed by atoms with E-state index in [1.165, 1.54) is 53.9 Å². The van der Waals surface area contributed by atoms with Gasteiger partial charge in [0.1, 0.15) is 5.82 Å². The van der Waals surface area contributed by atoms with Crippen LogP contribution in [0.25, 0.3) is 16.8 Å². The third kappa shape index (κ3) is 4.99. The fourth-order valence-electron chi connectivity index (χ4n) is 5.99. The molecule has 2 atom stereocenters. The molecular formula is C31H34N6O. The van der Waals surface area contributed by atoms with Crippen molar-refractivity contribution < 1.29 is 4.79 Å². The Kier molecular flexibility index (Phi) is 6.55. The molecule has 7 heteroatoms. The van der Waals surface area contributed by atoms with Gasteiger partial charge in [0.25, 0.3) is 5.91 Å². The molecule has 2 fully saturated rings. The normalized spacial score (nSPS) is 19.6. The van der Waals surface area contributed by atoms with Crippen LogP contribution in [-0.4, -0.2) is 63.2 Å². The molecule has 38 heavy (non-hydrogen) atoms. The number of likely N-dealkylation sites (tertiary alicyclic amines) is 2. The number of primary amides is 1. The Morgan fingerprint density at radius 2 is 1.50 bits per heavy atom. The van der Waals surface area contributed by atoms with Gasteiger partial charge >= 0.3 is 0 Å². The van der Waals surface area contributed by atoms with Crippen LogP contribution >= 0.6 is 0 Å². The summed E-state index contributed by atoms with van der Waals surface area (Å²) in [5.74, 6) is 0.884. The molecule has 7 nitrogen and oxygen atoms in total. The van der Waals surface area contributed by atoms with E-state index in [1.807, 2.05) is 12.1 Å². The summed E-state index contributed by atoms with van der Waals surface area (Å²) in [6.07, 6.45) is 2.19. The van der Waals surface area contributed by atoms with Crippen LogP contribution < -0.4 is 5.73 Å². The number of hydrogen-bond donors (Lipinski definition) is 1. The maximum Gasteiger partial charge on any atom is 0.288 e. The first kappa shape index (κ1) is 24.5. The number of nitrogens with two attached hydrogens (primary N) is 1. The van der Waals surface area contributed by atoms with E-state index >= 15 is 0 Å². The zero-order chi connectivity index (χ0) is 26.2. The standard InChI is InChI=1S/C31H34N6O/c1-21-33-31(30(32)38)34-37(21)28-13-7-23(8-14-28)17-22-3-9-25(10-4-22)26-11-5-24(6-12-26)18-36-19-27-15-16-35(2)29(27)20-36/h3-14,27,29H,15-20H2,1-2H3,(H2,32,38). The average Bonchev–Trinajstić information content (AvgIpc) is 3.61. The minimum absolute atomic E-state index is 0.0306. The summed E-state index contributed by atoms with van der Waals surface area (Å²) in [6, 6.07) is 26.8. The van der Waals surface area contributed by atoms with E-state index in [0.717, 1.165) is 30.6 Å². The van der Waals surface area contributed by atoms with Crippen LogP contribution in [0.5, 0.6) is 0 Å². The smallest absolute Gasteiger partial charge is 0.288 e. The molecule has 2 saturated heterocycles. The Hall–Kier alpha value is -3.81. The molecule has 1 aromatic heterocycles. The number of aryl methyl sites for hydroxylation is 1. The van der Waals surface area contributed by atoms with E-state index in [4.69, 9.17) is 5.73 Å². The first-order valence-electron chi connectivity index (χ1n) is 13.4. The van der Waals surface area contributed by atoms with Crippen LogP contribution in [0.1, 0.15) is 39.6 Å². The van der Waals surface area contributed by atoms with Crippen LogP contribution in [0.4, 0.5) is 0 Å². The van der Waals surface area contributed by atoms with Crippen LogP contribution in [0.15, 0.2) is 72.8 Å². The highest BCUT2D eigenvalue weighted by atomic mass is 16.1. The van der Waals surface area contributed by atoms with Crippen molar-refractivity contribution in [2.75, 3.05) is 26.7 Å². The lowest BCUT2D eigenvalue weighted by molar-refractivity contribution is 0.0990. The van der Waals surface area contributed by atoms with Crippen molar-refractivity contribution in [1.82, 2.24) is 24.6 Å². The highest BCUT2D eigenvalue weighted by molar-refractivity contribution is 5.88. The zero-order valence-corrected chi connectivity index (χ0v) is 22.0. The number of carbonyl (C=O) groups excluding carboxylic acids is 1. The molecule has 0 aliphatic carbocycles. The van der Waals surface area contributed by atoms with Crippen LogP contribution in [0.3, 0.4) is 0 Å². The highest BCUT2D eigenvalue weighted by Gasteiger charge is 2.39. The van der Waals surface area contributed by atoms with Crippen LogP contribution in [-0.2, 0) is 13.0 Å². The van der Waals surface area contributed by atoms with Crippen molar-refractivity contribution in [3.63, 3.8) is 0 Å². The first-order chi connectivity index (χ1) is 18.4. The molecule has 6 rings (SSSR count). The molecule has 3 aromatic carbocycles. The number of amides is 1. The number of likely N-dealkylation sites (N-methyl/N-ethyl adjacent to an activating group) is 1. The van der Waals surface area contributed by atoms with E-state index in [-0.39, 0.29) is 5.82 Å². The molecule has 1 amide bonds. The van der Waals surface area contributed by atoms with Crippen molar-refractivity contribution in [3.8, 4) is 16.8 Å². The number of aromatic nitrogens is 3. The van der Waals surface area contributed by atoms with Crippen molar-refractivity contribution in [3.05, 3.63) is 101 Å². The summed E-state index contributed by atoms with van der Waals surface area (Å²) in [4.78, 5) is 20.6. The summed E-state index contributed by atoms with van der Waals surface area (Å²) in [5, 5.41) is 4.20. The fraction of sp³-hybridized carbons (Fsp3) is 0.323. The van der Waals surface area contributed by atoms with Gasteiger partial charge in [0.2, 0.25) is 5.82 Å². The van der Waals surface area contributed by atoms with Crippen molar-refractivity contribution >= 4 is 5.91 Å². The van der Waals surface area contributed by atoms with Crippen molar-refractivity contribution in [1.29, 1.82) is 0 Å². The maximum absolute atomic E-state index is 11.4. The van der Waals surface area contributed by atoms with Crippen molar-refractivity contribution in [2.45, 2.75) is 32.4 Å². The Labute approximate surface area is 223 Å². The molecule has 0 bridgehead atoms. The van der Waals surface area contributed by atoms with E-state index in [1.54, 1.807) is 11.6 Å². The van der Waals surface area contributed by atoms with E-state index in [0.29, 0.717) is 5.82 Å². The van der Waals surface area contributed by atoms with Gasteiger partial charge in [-0.1, -0.05) is 60.7 Å². The van der Waals surface area contributed by atoms with E-state index < -0.39 is 5.91 Å². The second kappa shape index (κ2) is 10.2. The molecule has 0 radical (unpaired) electrons. The molecule has 4 aromatic rings. The molecular weight excluding hydrogens is 472 g/mol. The molecule has 0 saturated carbocycles. The number of benzene rings is 3. The number of fused-ring (bicyclic) bond motifs is 1. The Balaban J connectivity index is 1.07. The zero-order valence-electron chi connectivity index (χ0n) is 22.0. The van der Waals surface area contributed by atoms with E-state index in [2.05, 4.69) is 87.6 Å². The molecule has 2 aliphatic rings. The third-order valence-corrected chi connectivity index (χ3v) is 8.13. The highest BCUT2D eigenvalue weighted by Crippen LogP contribution is 2.31. The summed E-state index contributed by atoms with van der Waals surface area (Å²) in [6.45, 7) is 6.54. The quantitative estimate of drug-likeness (QED) is 0.409.